The lowest BCUT2D eigenvalue weighted by Crippen LogP contribution is -2.51. The number of fused-ring (bicyclic) bond motifs is 2. The second-order valence-corrected chi connectivity index (χ2v) is 8.81. The lowest BCUT2D eigenvalue weighted by molar-refractivity contribution is -0.137. The molecule has 4 rings (SSSR count). The van der Waals surface area contributed by atoms with E-state index in [0.29, 0.717) is 37.2 Å². The summed E-state index contributed by atoms with van der Waals surface area (Å²) in [6.07, 6.45) is 1.10. The van der Waals surface area contributed by atoms with E-state index in [0.717, 1.165) is 16.8 Å². The Morgan fingerprint density at radius 2 is 1.86 bits per heavy atom. The standard InChI is InChI=1S/C23H26N2O4/c1-13-5-7-14(8-6-13)17-18-15(11-23(2,3)12-16(18)26)25-10-9-24-21(27)20(25)19(17)22(28)29-4/h5-8,17H,9-12H2,1-4H3,(H,24,27)/t17-/m0/s1. The molecule has 1 aliphatic carbocycles. The van der Waals surface area contributed by atoms with Crippen LogP contribution in [0.3, 0.4) is 0 Å². The highest BCUT2D eigenvalue weighted by Crippen LogP contribution is 2.50. The number of nitrogens with zero attached hydrogens (tertiary/aromatic N) is 1. The van der Waals surface area contributed by atoms with E-state index in [1.54, 1.807) is 0 Å². The number of methoxy groups -OCH3 is 1. The van der Waals surface area contributed by atoms with Gasteiger partial charge >= 0.3 is 5.97 Å². The SMILES string of the molecule is COC(=O)C1=C2C(=O)NCCN2C2=C(C(=O)CC(C)(C)C2)[C@@H]1c1ccc(C)cc1. The van der Waals surface area contributed by atoms with Crippen molar-refractivity contribution in [1.82, 2.24) is 10.2 Å². The summed E-state index contributed by atoms with van der Waals surface area (Å²) >= 11 is 0. The lowest BCUT2D eigenvalue weighted by Gasteiger charge is -2.46. The van der Waals surface area contributed by atoms with Gasteiger partial charge in [-0.3, -0.25) is 9.59 Å². The van der Waals surface area contributed by atoms with Gasteiger partial charge in [0.1, 0.15) is 5.70 Å². The average molecular weight is 394 g/mol. The number of hydrogen-bond donors (Lipinski definition) is 1. The molecule has 152 valence electrons. The summed E-state index contributed by atoms with van der Waals surface area (Å²) in [5.41, 5.74) is 3.77. The topological polar surface area (TPSA) is 75.7 Å². The van der Waals surface area contributed by atoms with Gasteiger partial charge in [-0.2, -0.15) is 0 Å². The Bertz CT molecular complexity index is 969. The van der Waals surface area contributed by atoms with E-state index in [1.165, 1.54) is 7.11 Å². The molecule has 0 aromatic heterocycles. The van der Waals surface area contributed by atoms with Crippen LogP contribution in [0.15, 0.2) is 46.8 Å². The minimum Gasteiger partial charge on any atom is -0.466 e. The summed E-state index contributed by atoms with van der Waals surface area (Å²) in [4.78, 5) is 41.0. The molecule has 2 aliphatic heterocycles. The lowest BCUT2D eigenvalue weighted by atomic mass is 9.67. The van der Waals surface area contributed by atoms with Crippen molar-refractivity contribution >= 4 is 17.7 Å². The van der Waals surface area contributed by atoms with E-state index < -0.39 is 11.9 Å². The Hall–Kier alpha value is -2.89. The molecule has 6 nitrogen and oxygen atoms in total. The summed E-state index contributed by atoms with van der Waals surface area (Å²) in [6.45, 7) is 7.12. The highest BCUT2D eigenvalue weighted by molar-refractivity contribution is 6.09. The van der Waals surface area contributed by atoms with Gasteiger partial charge in [-0.25, -0.2) is 4.79 Å². The minimum absolute atomic E-state index is 0.0354. The maximum absolute atomic E-state index is 13.3. The van der Waals surface area contributed by atoms with Crippen molar-refractivity contribution in [2.75, 3.05) is 20.2 Å². The Labute approximate surface area is 170 Å². The van der Waals surface area contributed by atoms with Gasteiger partial charge in [0.2, 0.25) is 0 Å². The number of piperazine rings is 1. The number of carbonyl (C=O) groups excluding carboxylic acids is 3. The zero-order valence-electron chi connectivity index (χ0n) is 17.3. The van der Waals surface area contributed by atoms with Gasteiger partial charge in [-0.15, -0.1) is 0 Å². The number of rotatable bonds is 2. The maximum Gasteiger partial charge on any atom is 0.337 e. The summed E-state index contributed by atoms with van der Waals surface area (Å²) in [6, 6.07) is 7.77. The molecule has 0 bridgehead atoms. The van der Waals surface area contributed by atoms with E-state index >= 15 is 0 Å². The average Bonchev–Trinajstić information content (AvgIpc) is 2.67. The molecule has 0 unspecified atom stereocenters. The monoisotopic (exact) mass is 394 g/mol. The Kier molecular flexibility index (Phi) is 4.60. The molecule has 0 saturated carbocycles. The van der Waals surface area contributed by atoms with Crippen molar-refractivity contribution in [2.45, 2.75) is 39.5 Å². The third kappa shape index (κ3) is 3.16. The predicted octanol–water partition coefficient (Wildman–Crippen LogP) is 2.59. The Morgan fingerprint density at radius 3 is 2.52 bits per heavy atom. The second kappa shape index (κ2) is 6.87. The number of ether oxygens (including phenoxy) is 1. The van der Waals surface area contributed by atoms with Crippen LogP contribution in [0.1, 0.15) is 43.7 Å². The minimum atomic E-state index is -0.600. The molecule has 1 fully saturated rings. The normalized spacial score (nSPS) is 23.4. The first-order valence-electron chi connectivity index (χ1n) is 9.94. The van der Waals surface area contributed by atoms with E-state index in [-0.39, 0.29) is 22.7 Å². The molecule has 1 aromatic rings. The van der Waals surface area contributed by atoms with Crippen molar-refractivity contribution in [3.8, 4) is 0 Å². The number of carbonyl (C=O) groups is 3. The number of Topliss-reactive ketones (excluding diaryl/α,β-unsaturated/α-hetero) is 1. The largest absolute Gasteiger partial charge is 0.466 e. The van der Waals surface area contributed by atoms with Crippen molar-refractivity contribution in [3.63, 3.8) is 0 Å². The number of benzene rings is 1. The Morgan fingerprint density at radius 1 is 1.17 bits per heavy atom. The number of allylic oxidation sites excluding steroid dienone is 2. The van der Waals surface area contributed by atoms with Crippen LogP contribution in [-0.4, -0.2) is 42.8 Å². The number of amides is 1. The van der Waals surface area contributed by atoms with Gasteiger partial charge in [-0.05, 0) is 24.3 Å². The summed E-state index contributed by atoms with van der Waals surface area (Å²) in [5, 5.41) is 2.84. The molecule has 6 heteroatoms. The van der Waals surface area contributed by atoms with Crippen molar-refractivity contribution in [3.05, 3.63) is 57.9 Å². The fourth-order valence-electron chi connectivity index (χ4n) is 4.70. The third-order valence-electron chi connectivity index (χ3n) is 5.98. The number of esters is 1. The summed E-state index contributed by atoms with van der Waals surface area (Å²) in [7, 11) is 1.31. The third-order valence-corrected chi connectivity index (χ3v) is 5.98. The first-order valence-corrected chi connectivity index (χ1v) is 9.94. The first kappa shape index (κ1) is 19.4. The fourth-order valence-corrected chi connectivity index (χ4v) is 4.70. The van der Waals surface area contributed by atoms with Crippen LogP contribution in [0.2, 0.25) is 0 Å². The number of nitrogens with one attached hydrogen (secondary N) is 1. The van der Waals surface area contributed by atoms with Crippen LogP contribution < -0.4 is 5.32 Å². The fraction of sp³-hybridized carbons (Fsp3) is 0.435. The molecule has 29 heavy (non-hydrogen) atoms. The first-order chi connectivity index (χ1) is 13.7. The molecule has 1 atom stereocenters. The van der Waals surface area contributed by atoms with Crippen LogP contribution in [0.5, 0.6) is 0 Å². The van der Waals surface area contributed by atoms with E-state index in [9.17, 15) is 14.4 Å². The molecular weight excluding hydrogens is 368 g/mol. The molecule has 1 saturated heterocycles. The zero-order chi connectivity index (χ0) is 20.9. The van der Waals surface area contributed by atoms with Crippen LogP contribution in [0.25, 0.3) is 0 Å². The molecular formula is C23H26N2O4. The van der Waals surface area contributed by atoms with Crippen LogP contribution in [-0.2, 0) is 19.1 Å². The smallest absolute Gasteiger partial charge is 0.337 e. The van der Waals surface area contributed by atoms with Gasteiger partial charge in [0.05, 0.1) is 12.7 Å². The van der Waals surface area contributed by atoms with Crippen molar-refractivity contribution in [1.29, 1.82) is 0 Å². The van der Waals surface area contributed by atoms with E-state index in [4.69, 9.17) is 4.74 Å². The molecule has 3 aliphatic rings. The number of ketones is 1. The zero-order valence-corrected chi connectivity index (χ0v) is 17.3. The molecule has 1 amide bonds. The Balaban J connectivity index is 2.01. The van der Waals surface area contributed by atoms with Gasteiger partial charge in [0.15, 0.2) is 5.78 Å². The van der Waals surface area contributed by atoms with Gasteiger partial charge in [-0.1, -0.05) is 43.7 Å². The van der Waals surface area contributed by atoms with Gasteiger partial charge in [0.25, 0.3) is 5.91 Å². The van der Waals surface area contributed by atoms with Crippen molar-refractivity contribution in [2.24, 2.45) is 5.41 Å². The summed E-state index contributed by atoms with van der Waals surface area (Å²) in [5.74, 6) is -1.43. The van der Waals surface area contributed by atoms with Crippen LogP contribution >= 0.6 is 0 Å². The van der Waals surface area contributed by atoms with E-state index in [2.05, 4.69) is 19.2 Å². The molecule has 0 spiro atoms. The van der Waals surface area contributed by atoms with Crippen LogP contribution in [0.4, 0.5) is 0 Å². The summed E-state index contributed by atoms with van der Waals surface area (Å²) < 4.78 is 5.08. The maximum atomic E-state index is 13.3. The van der Waals surface area contributed by atoms with Gasteiger partial charge in [0, 0.05) is 36.7 Å². The highest BCUT2D eigenvalue weighted by Gasteiger charge is 2.48. The number of hydrogen-bond acceptors (Lipinski definition) is 5. The van der Waals surface area contributed by atoms with Crippen LogP contribution in [0, 0.1) is 12.3 Å². The van der Waals surface area contributed by atoms with E-state index in [1.807, 2.05) is 36.1 Å². The molecule has 0 radical (unpaired) electrons. The molecule has 2 heterocycles. The highest BCUT2D eigenvalue weighted by atomic mass is 16.5. The second-order valence-electron chi connectivity index (χ2n) is 8.81. The quantitative estimate of drug-likeness (QED) is 0.781. The number of aryl methyl sites for hydroxylation is 1. The predicted molar refractivity (Wildman–Crippen MR) is 108 cm³/mol. The van der Waals surface area contributed by atoms with Crippen molar-refractivity contribution < 1.29 is 19.1 Å². The van der Waals surface area contributed by atoms with Gasteiger partial charge < -0.3 is 15.0 Å². The molecule has 1 N–H and O–H groups in total. The molecule has 1 aromatic carbocycles.